The van der Waals surface area contributed by atoms with Crippen LogP contribution in [0.3, 0.4) is 0 Å². The summed E-state index contributed by atoms with van der Waals surface area (Å²) < 4.78 is 5.73. The topological polar surface area (TPSA) is 43.4 Å². The minimum atomic E-state index is -0.273. The molecule has 17 heavy (non-hydrogen) atoms. The number of Topliss-reactive ketones (excluding diaryl/α,β-unsaturated/α-hetero) is 1. The zero-order valence-corrected chi connectivity index (χ0v) is 10.9. The van der Waals surface area contributed by atoms with Gasteiger partial charge in [0, 0.05) is 17.5 Å². The lowest BCUT2D eigenvalue weighted by molar-refractivity contribution is -0.134. The molecule has 1 aromatic rings. The van der Waals surface area contributed by atoms with E-state index < -0.39 is 0 Å². The Kier molecular flexibility index (Phi) is 3.43. The number of hydrogen-bond donors (Lipinski definition) is 0. The molecule has 0 heterocycles. The van der Waals surface area contributed by atoms with E-state index in [2.05, 4.69) is 15.9 Å². The normalized spacial score (nSPS) is 13.3. The van der Waals surface area contributed by atoms with Crippen molar-refractivity contribution >= 4 is 33.8 Å². The Morgan fingerprint density at radius 1 is 1.41 bits per heavy atom. The van der Waals surface area contributed by atoms with Gasteiger partial charge < -0.3 is 4.74 Å². The van der Waals surface area contributed by atoms with Crippen LogP contribution in [0, 0.1) is 0 Å². The minimum absolute atomic E-state index is 0.0756. The molecule has 0 fully saturated rings. The van der Waals surface area contributed by atoms with Crippen molar-refractivity contribution in [3.05, 3.63) is 33.8 Å². The molecule has 0 aromatic heterocycles. The molecule has 1 aliphatic carbocycles. The molecule has 1 aromatic carbocycles. The summed E-state index contributed by atoms with van der Waals surface area (Å²) in [5.41, 5.74) is 1.24. The maximum absolute atomic E-state index is 11.7. The van der Waals surface area contributed by atoms with Crippen LogP contribution >= 0.6 is 15.9 Å². The number of fused-ring (bicyclic) bond motifs is 1. The average molecular weight is 295 g/mol. The highest BCUT2D eigenvalue weighted by Gasteiger charge is 2.24. The second kappa shape index (κ2) is 4.84. The summed E-state index contributed by atoms with van der Waals surface area (Å²) in [5, 5.41) is 0. The number of halogens is 1. The third-order valence-corrected chi connectivity index (χ3v) is 3.07. The lowest BCUT2D eigenvalue weighted by Gasteiger charge is -2.07. The van der Waals surface area contributed by atoms with Gasteiger partial charge in [0.15, 0.2) is 0 Å². The van der Waals surface area contributed by atoms with E-state index in [-0.39, 0.29) is 11.8 Å². The molecule has 0 radical (unpaired) electrons. The molecule has 2 rings (SSSR count). The number of allylic oxidation sites excluding steroid dienone is 1. The van der Waals surface area contributed by atoms with E-state index in [0.29, 0.717) is 27.8 Å². The van der Waals surface area contributed by atoms with Crippen molar-refractivity contribution in [1.29, 1.82) is 0 Å². The largest absolute Gasteiger partial charge is 0.426 e. The fraction of sp³-hybridized carbons (Fsp3) is 0.231. The molecule has 0 atom stereocenters. The molecule has 0 unspecified atom stereocenters. The minimum Gasteiger partial charge on any atom is -0.426 e. The number of ketones is 1. The highest BCUT2D eigenvalue weighted by Crippen LogP contribution is 2.34. The molecule has 0 amide bonds. The molecule has 0 spiro atoms. The van der Waals surface area contributed by atoms with Crippen LogP contribution < -0.4 is 4.74 Å². The van der Waals surface area contributed by atoms with Crippen LogP contribution in [0.5, 0.6) is 5.75 Å². The van der Waals surface area contributed by atoms with Gasteiger partial charge in [0.2, 0.25) is 5.78 Å². The van der Waals surface area contributed by atoms with Crippen molar-refractivity contribution < 1.29 is 14.3 Å². The molecule has 3 nitrogen and oxygen atoms in total. The Morgan fingerprint density at radius 2 is 2.18 bits per heavy atom. The summed E-state index contributed by atoms with van der Waals surface area (Å²) >= 11 is 3.19. The van der Waals surface area contributed by atoms with Crippen molar-refractivity contribution in [2.75, 3.05) is 0 Å². The summed E-state index contributed by atoms with van der Waals surface area (Å²) in [6.07, 6.45) is 2.81. The Hall–Kier alpha value is -1.42. The highest BCUT2D eigenvalue weighted by molar-refractivity contribution is 9.12. The fourth-order valence-electron chi connectivity index (χ4n) is 1.68. The van der Waals surface area contributed by atoms with Crippen molar-refractivity contribution in [2.45, 2.75) is 19.8 Å². The van der Waals surface area contributed by atoms with E-state index in [1.165, 1.54) is 0 Å². The molecule has 0 N–H and O–H groups in total. The zero-order chi connectivity index (χ0) is 12.4. The SMILES string of the molecule is CCCC(=O)Oc1cccc2c1C=C(Br)C2=O. The summed E-state index contributed by atoms with van der Waals surface area (Å²) in [4.78, 5) is 23.1. The van der Waals surface area contributed by atoms with Crippen LogP contribution in [-0.4, -0.2) is 11.8 Å². The van der Waals surface area contributed by atoms with Gasteiger partial charge in [-0.25, -0.2) is 0 Å². The number of carbonyl (C=O) groups excluding carboxylic acids is 2. The van der Waals surface area contributed by atoms with E-state index >= 15 is 0 Å². The van der Waals surface area contributed by atoms with Crippen molar-refractivity contribution in [1.82, 2.24) is 0 Å². The van der Waals surface area contributed by atoms with Gasteiger partial charge in [0.1, 0.15) is 5.75 Å². The number of benzene rings is 1. The van der Waals surface area contributed by atoms with E-state index in [1.54, 1.807) is 24.3 Å². The summed E-state index contributed by atoms with van der Waals surface area (Å²) in [6.45, 7) is 1.91. The van der Waals surface area contributed by atoms with E-state index in [0.717, 1.165) is 6.42 Å². The third kappa shape index (κ3) is 2.31. The quantitative estimate of drug-likeness (QED) is 0.634. The van der Waals surface area contributed by atoms with Crippen molar-refractivity contribution in [3.8, 4) is 5.75 Å². The number of rotatable bonds is 3. The average Bonchev–Trinajstić information content (AvgIpc) is 2.58. The number of esters is 1. The molecule has 1 aliphatic rings. The van der Waals surface area contributed by atoms with Gasteiger partial charge in [-0.2, -0.15) is 0 Å². The Bertz CT molecular complexity index is 517. The van der Waals surface area contributed by atoms with Gasteiger partial charge in [0.05, 0.1) is 4.48 Å². The van der Waals surface area contributed by atoms with Gasteiger partial charge in [-0.1, -0.05) is 19.1 Å². The van der Waals surface area contributed by atoms with Crippen LogP contribution in [-0.2, 0) is 4.79 Å². The van der Waals surface area contributed by atoms with E-state index in [4.69, 9.17) is 4.74 Å². The molecular formula is C13H11BrO3. The number of ether oxygens (including phenoxy) is 1. The van der Waals surface area contributed by atoms with Crippen LogP contribution in [0.1, 0.15) is 35.7 Å². The molecule has 0 bridgehead atoms. The summed E-state index contributed by atoms with van der Waals surface area (Å²) in [5.74, 6) is 0.0990. The number of hydrogen-bond acceptors (Lipinski definition) is 3. The summed E-state index contributed by atoms with van der Waals surface area (Å²) in [6, 6.07) is 5.13. The summed E-state index contributed by atoms with van der Waals surface area (Å²) in [7, 11) is 0. The number of carbonyl (C=O) groups is 2. The monoisotopic (exact) mass is 294 g/mol. The Balaban J connectivity index is 2.32. The second-order valence-electron chi connectivity index (χ2n) is 3.76. The van der Waals surface area contributed by atoms with Gasteiger partial charge in [-0.05, 0) is 34.5 Å². The highest BCUT2D eigenvalue weighted by atomic mass is 79.9. The third-order valence-electron chi connectivity index (χ3n) is 2.48. The first-order chi connectivity index (χ1) is 8.13. The van der Waals surface area contributed by atoms with Crippen LogP contribution in [0.15, 0.2) is 22.7 Å². The lowest BCUT2D eigenvalue weighted by Crippen LogP contribution is -2.08. The molecule has 88 valence electrons. The zero-order valence-electron chi connectivity index (χ0n) is 9.33. The van der Waals surface area contributed by atoms with Crippen LogP contribution in [0.4, 0.5) is 0 Å². The predicted molar refractivity (Wildman–Crippen MR) is 68.2 cm³/mol. The van der Waals surface area contributed by atoms with Gasteiger partial charge in [-0.3, -0.25) is 9.59 Å². The molecule has 4 heteroatoms. The van der Waals surface area contributed by atoms with Gasteiger partial charge in [0.25, 0.3) is 0 Å². The molecule has 0 saturated heterocycles. The molecule has 0 aliphatic heterocycles. The first-order valence-electron chi connectivity index (χ1n) is 5.39. The molecular weight excluding hydrogens is 284 g/mol. The van der Waals surface area contributed by atoms with Gasteiger partial charge >= 0.3 is 5.97 Å². The van der Waals surface area contributed by atoms with E-state index in [9.17, 15) is 9.59 Å². The van der Waals surface area contributed by atoms with Crippen LogP contribution in [0.25, 0.3) is 6.08 Å². The predicted octanol–water partition coefficient (Wildman–Crippen LogP) is 3.32. The van der Waals surface area contributed by atoms with Crippen LogP contribution in [0.2, 0.25) is 0 Å². The van der Waals surface area contributed by atoms with Crippen molar-refractivity contribution in [3.63, 3.8) is 0 Å². The first-order valence-corrected chi connectivity index (χ1v) is 6.18. The standard InChI is InChI=1S/C13H11BrO3/c1-2-4-12(15)17-11-6-3-5-8-9(11)7-10(14)13(8)16/h3,5-7H,2,4H2,1H3. The van der Waals surface area contributed by atoms with E-state index in [1.807, 2.05) is 6.92 Å². The maximum Gasteiger partial charge on any atom is 0.311 e. The lowest BCUT2D eigenvalue weighted by atomic mass is 10.1. The Morgan fingerprint density at radius 3 is 2.88 bits per heavy atom. The smallest absolute Gasteiger partial charge is 0.311 e. The van der Waals surface area contributed by atoms with Crippen molar-refractivity contribution in [2.24, 2.45) is 0 Å². The fourth-order valence-corrected chi connectivity index (χ4v) is 2.12. The van der Waals surface area contributed by atoms with Gasteiger partial charge in [-0.15, -0.1) is 0 Å². The maximum atomic E-state index is 11.7. The molecule has 0 saturated carbocycles. The second-order valence-corrected chi connectivity index (χ2v) is 4.62. The first kappa shape index (κ1) is 12.0. The Labute approximate surface area is 108 Å².